The molecule has 0 bridgehead atoms. The fourth-order valence-electron chi connectivity index (χ4n) is 3.78. The molecular formula is C16H30N3O2+. The number of rotatable bonds is 5. The van der Waals surface area contributed by atoms with Crippen molar-refractivity contribution in [2.24, 2.45) is 11.8 Å². The van der Waals surface area contributed by atoms with Crippen LogP contribution in [0.5, 0.6) is 0 Å². The van der Waals surface area contributed by atoms with Gasteiger partial charge in [0.2, 0.25) is 0 Å². The van der Waals surface area contributed by atoms with Crippen LogP contribution in [0, 0.1) is 11.8 Å². The largest absolute Gasteiger partial charge is 0.338 e. The van der Waals surface area contributed by atoms with E-state index in [1.54, 1.807) is 0 Å². The number of hydrogen-bond acceptors (Lipinski definition) is 2. The highest BCUT2D eigenvalue weighted by Gasteiger charge is 2.34. The van der Waals surface area contributed by atoms with Gasteiger partial charge in [-0.05, 0) is 31.6 Å². The number of likely N-dealkylation sites (tertiary alicyclic amines) is 1. The number of nitrogens with one attached hydrogen (secondary N) is 3. The number of quaternary nitrogens is 1. The molecule has 3 N–H and O–H groups in total. The monoisotopic (exact) mass is 296 g/mol. The van der Waals surface area contributed by atoms with E-state index in [0.29, 0.717) is 13.1 Å². The van der Waals surface area contributed by atoms with Crippen LogP contribution in [0.2, 0.25) is 0 Å². The number of piperidine rings is 1. The number of carbonyl (C=O) groups excluding carboxylic acids is 2. The Hall–Kier alpha value is -1.10. The van der Waals surface area contributed by atoms with Crippen LogP contribution >= 0.6 is 0 Å². The summed E-state index contributed by atoms with van der Waals surface area (Å²) in [7, 11) is 0. The minimum Gasteiger partial charge on any atom is -0.338 e. The number of unbranched alkanes of at least 4 members (excludes halogenated alkanes) is 1. The topological polar surface area (TPSA) is 62.6 Å². The highest BCUT2D eigenvalue weighted by Crippen LogP contribution is 2.32. The molecule has 5 heteroatoms. The van der Waals surface area contributed by atoms with Gasteiger partial charge in [0.1, 0.15) is 0 Å². The summed E-state index contributed by atoms with van der Waals surface area (Å²) in [5, 5.41) is 5.17. The van der Waals surface area contributed by atoms with Crippen LogP contribution in [0.15, 0.2) is 0 Å². The van der Waals surface area contributed by atoms with Gasteiger partial charge in [-0.25, -0.2) is 4.79 Å². The fourth-order valence-corrected chi connectivity index (χ4v) is 3.78. The molecule has 0 aromatic heterocycles. The second-order valence-electron chi connectivity index (χ2n) is 6.63. The predicted octanol–water partition coefficient (Wildman–Crippen LogP) is 0.707. The van der Waals surface area contributed by atoms with Crippen LogP contribution in [0.1, 0.15) is 51.9 Å². The molecule has 21 heavy (non-hydrogen) atoms. The van der Waals surface area contributed by atoms with Crippen molar-refractivity contribution in [3.05, 3.63) is 0 Å². The average molecular weight is 296 g/mol. The van der Waals surface area contributed by atoms with Gasteiger partial charge in [-0.3, -0.25) is 10.1 Å². The molecule has 3 atom stereocenters. The van der Waals surface area contributed by atoms with Gasteiger partial charge in [-0.1, -0.05) is 26.2 Å². The molecule has 0 spiro atoms. The third-order valence-electron chi connectivity index (χ3n) is 4.97. The van der Waals surface area contributed by atoms with Crippen LogP contribution in [-0.2, 0) is 4.79 Å². The summed E-state index contributed by atoms with van der Waals surface area (Å²) < 4.78 is 0. The normalized spacial score (nSPS) is 28.5. The molecule has 1 heterocycles. The number of carbonyl (C=O) groups is 2. The molecule has 3 amide bonds. The van der Waals surface area contributed by atoms with E-state index in [4.69, 9.17) is 0 Å². The van der Waals surface area contributed by atoms with Crippen molar-refractivity contribution in [1.29, 1.82) is 0 Å². The summed E-state index contributed by atoms with van der Waals surface area (Å²) in [5.74, 6) is 1.55. The van der Waals surface area contributed by atoms with Crippen molar-refractivity contribution in [1.82, 2.24) is 10.6 Å². The standard InChI is InChI=1S/C16H29N3O2/c1-2-3-9-17-16(21)18-15(20)12-19-10-8-13-6-4-5-7-14(13)11-19/h13-14H,2-12H2,1H3,(H2,17,18,20,21)/p+1/t13-,14-/m1/s1. The molecular weight excluding hydrogens is 266 g/mol. The number of urea groups is 1. The highest BCUT2D eigenvalue weighted by atomic mass is 16.2. The first-order valence-corrected chi connectivity index (χ1v) is 8.60. The van der Waals surface area contributed by atoms with Gasteiger partial charge in [0.15, 0.2) is 6.54 Å². The third kappa shape index (κ3) is 5.30. The molecule has 2 aliphatic rings. The van der Waals surface area contributed by atoms with E-state index in [0.717, 1.165) is 37.8 Å². The van der Waals surface area contributed by atoms with Crippen LogP contribution in [0.25, 0.3) is 0 Å². The second kappa shape index (κ2) is 8.37. The maximum Gasteiger partial charge on any atom is 0.321 e. The molecule has 0 aromatic carbocycles. The Morgan fingerprint density at radius 2 is 1.90 bits per heavy atom. The Bertz CT molecular complexity index is 359. The average Bonchev–Trinajstić information content (AvgIpc) is 2.47. The van der Waals surface area contributed by atoms with E-state index in [2.05, 4.69) is 17.6 Å². The smallest absolute Gasteiger partial charge is 0.321 e. The summed E-state index contributed by atoms with van der Waals surface area (Å²) in [6.07, 6.45) is 8.67. The molecule has 1 saturated heterocycles. The molecule has 0 aromatic rings. The lowest BCUT2D eigenvalue weighted by molar-refractivity contribution is -0.902. The van der Waals surface area contributed by atoms with Crippen LogP contribution in [0.4, 0.5) is 4.79 Å². The maximum atomic E-state index is 11.9. The van der Waals surface area contributed by atoms with Gasteiger partial charge in [0.25, 0.3) is 5.91 Å². The summed E-state index contributed by atoms with van der Waals surface area (Å²) in [6, 6.07) is -0.347. The van der Waals surface area contributed by atoms with Crippen LogP contribution < -0.4 is 15.5 Å². The minimum absolute atomic E-state index is 0.145. The molecule has 2 fully saturated rings. The quantitative estimate of drug-likeness (QED) is 0.654. The van der Waals surface area contributed by atoms with Crippen molar-refractivity contribution >= 4 is 11.9 Å². The van der Waals surface area contributed by atoms with Gasteiger partial charge in [-0.15, -0.1) is 0 Å². The maximum absolute atomic E-state index is 11.9. The lowest BCUT2D eigenvalue weighted by Gasteiger charge is -2.38. The van der Waals surface area contributed by atoms with Gasteiger partial charge in [-0.2, -0.15) is 0 Å². The Morgan fingerprint density at radius 1 is 1.14 bits per heavy atom. The number of hydrogen-bond donors (Lipinski definition) is 3. The van der Waals surface area contributed by atoms with Crippen molar-refractivity contribution in [2.45, 2.75) is 51.9 Å². The van der Waals surface area contributed by atoms with E-state index in [1.165, 1.54) is 37.0 Å². The second-order valence-corrected chi connectivity index (χ2v) is 6.63. The van der Waals surface area contributed by atoms with Gasteiger partial charge in [0.05, 0.1) is 13.1 Å². The number of imide groups is 1. The highest BCUT2D eigenvalue weighted by molar-refractivity contribution is 5.94. The van der Waals surface area contributed by atoms with E-state index in [9.17, 15) is 9.59 Å². The van der Waals surface area contributed by atoms with Crippen LogP contribution in [0.3, 0.4) is 0 Å². The Kier molecular flexibility index (Phi) is 6.49. The zero-order chi connectivity index (χ0) is 15.1. The zero-order valence-corrected chi connectivity index (χ0v) is 13.2. The summed E-state index contributed by atoms with van der Waals surface area (Å²) in [6.45, 7) is 5.32. The first-order valence-electron chi connectivity index (χ1n) is 8.60. The molecule has 1 aliphatic heterocycles. The molecule has 120 valence electrons. The lowest BCUT2D eigenvalue weighted by atomic mass is 9.75. The predicted molar refractivity (Wildman–Crippen MR) is 82.1 cm³/mol. The Morgan fingerprint density at radius 3 is 2.67 bits per heavy atom. The summed E-state index contributed by atoms with van der Waals surface area (Å²) >= 11 is 0. The Balaban J connectivity index is 1.67. The molecule has 1 unspecified atom stereocenters. The van der Waals surface area contributed by atoms with Crippen molar-refractivity contribution in [3.63, 3.8) is 0 Å². The van der Waals surface area contributed by atoms with Crippen molar-refractivity contribution in [2.75, 3.05) is 26.2 Å². The number of fused-ring (bicyclic) bond motifs is 1. The van der Waals surface area contributed by atoms with Crippen molar-refractivity contribution < 1.29 is 14.5 Å². The van der Waals surface area contributed by atoms with E-state index in [-0.39, 0.29) is 11.9 Å². The fraction of sp³-hybridized carbons (Fsp3) is 0.875. The minimum atomic E-state index is -0.347. The van der Waals surface area contributed by atoms with E-state index >= 15 is 0 Å². The van der Waals surface area contributed by atoms with Crippen LogP contribution in [-0.4, -0.2) is 38.1 Å². The molecule has 1 aliphatic carbocycles. The SMILES string of the molecule is CCCCNC(=O)NC(=O)C[NH+]1CC[C@H]2CCCC[C@@H]2C1. The van der Waals surface area contributed by atoms with Crippen molar-refractivity contribution in [3.8, 4) is 0 Å². The summed E-state index contributed by atoms with van der Waals surface area (Å²) in [4.78, 5) is 24.8. The third-order valence-corrected chi connectivity index (χ3v) is 4.97. The molecule has 1 saturated carbocycles. The van der Waals surface area contributed by atoms with E-state index < -0.39 is 0 Å². The van der Waals surface area contributed by atoms with Gasteiger partial charge in [0, 0.05) is 12.5 Å². The molecule has 5 nitrogen and oxygen atoms in total. The Labute approximate surface area is 127 Å². The summed E-state index contributed by atoms with van der Waals surface area (Å²) in [5.41, 5.74) is 0. The first kappa shape index (κ1) is 16.3. The number of amides is 3. The van der Waals surface area contributed by atoms with E-state index in [1.807, 2.05) is 0 Å². The van der Waals surface area contributed by atoms with Gasteiger partial charge >= 0.3 is 6.03 Å². The first-order chi connectivity index (χ1) is 10.2. The molecule has 0 radical (unpaired) electrons. The lowest BCUT2D eigenvalue weighted by Crippen LogP contribution is -3.15. The van der Waals surface area contributed by atoms with Gasteiger partial charge < -0.3 is 10.2 Å². The zero-order valence-electron chi connectivity index (χ0n) is 13.2. The molecule has 2 rings (SSSR count).